The topological polar surface area (TPSA) is 35.6 Å². The molecule has 23 heavy (non-hydrogen) atoms. The number of rotatable bonds is 3. The fourth-order valence-electron chi connectivity index (χ4n) is 3.15. The first-order valence-corrected chi connectivity index (χ1v) is 8.78. The molecule has 0 spiro atoms. The van der Waals surface area contributed by atoms with Crippen molar-refractivity contribution in [2.24, 2.45) is 0 Å². The SMILES string of the molecule is CCc1cccc(CC)c1N1CCN(C(=O)NC(C)(C)C)CC1. The Labute approximate surface area is 140 Å². The van der Waals surface area contributed by atoms with Crippen LogP contribution in [-0.2, 0) is 12.8 Å². The number of hydrogen-bond donors (Lipinski definition) is 1. The largest absolute Gasteiger partial charge is 0.368 e. The van der Waals surface area contributed by atoms with Crippen LogP contribution in [0.1, 0.15) is 45.7 Å². The Hall–Kier alpha value is -1.71. The van der Waals surface area contributed by atoms with E-state index in [2.05, 4.69) is 42.3 Å². The van der Waals surface area contributed by atoms with Gasteiger partial charge in [0, 0.05) is 37.4 Å². The molecule has 1 saturated heterocycles. The van der Waals surface area contributed by atoms with E-state index in [0.717, 1.165) is 39.0 Å². The monoisotopic (exact) mass is 317 g/mol. The molecular weight excluding hydrogens is 286 g/mol. The summed E-state index contributed by atoms with van der Waals surface area (Å²) in [6.07, 6.45) is 2.10. The molecule has 0 atom stereocenters. The van der Waals surface area contributed by atoms with Gasteiger partial charge in [-0.1, -0.05) is 32.0 Å². The Kier molecular flexibility index (Phi) is 5.55. The molecule has 128 valence electrons. The van der Waals surface area contributed by atoms with Gasteiger partial charge in [0.05, 0.1) is 0 Å². The van der Waals surface area contributed by atoms with Crippen LogP contribution in [0.4, 0.5) is 10.5 Å². The Balaban J connectivity index is 2.06. The van der Waals surface area contributed by atoms with Crippen molar-refractivity contribution in [2.45, 2.75) is 53.0 Å². The van der Waals surface area contributed by atoms with Crippen molar-refractivity contribution in [3.8, 4) is 0 Å². The zero-order chi connectivity index (χ0) is 17.0. The van der Waals surface area contributed by atoms with Gasteiger partial charge in [-0.3, -0.25) is 0 Å². The van der Waals surface area contributed by atoms with Crippen LogP contribution >= 0.6 is 0 Å². The van der Waals surface area contributed by atoms with Crippen molar-refractivity contribution in [2.75, 3.05) is 31.1 Å². The summed E-state index contributed by atoms with van der Waals surface area (Å²) in [4.78, 5) is 16.7. The number of benzene rings is 1. The van der Waals surface area contributed by atoms with Crippen LogP contribution in [0.2, 0.25) is 0 Å². The van der Waals surface area contributed by atoms with Gasteiger partial charge in [-0.25, -0.2) is 4.79 Å². The molecule has 0 aliphatic carbocycles. The number of hydrogen-bond acceptors (Lipinski definition) is 2. The van der Waals surface area contributed by atoms with E-state index in [1.807, 2.05) is 25.7 Å². The first kappa shape index (κ1) is 17.6. The summed E-state index contributed by atoms with van der Waals surface area (Å²) in [6, 6.07) is 6.67. The van der Waals surface area contributed by atoms with E-state index in [0.29, 0.717) is 0 Å². The van der Waals surface area contributed by atoms with E-state index in [9.17, 15) is 4.79 Å². The highest BCUT2D eigenvalue weighted by Crippen LogP contribution is 2.28. The molecule has 4 heteroatoms. The second kappa shape index (κ2) is 7.24. The molecule has 0 bridgehead atoms. The zero-order valence-electron chi connectivity index (χ0n) is 15.3. The number of anilines is 1. The summed E-state index contributed by atoms with van der Waals surface area (Å²) in [5, 5.41) is 3.06. The molecule has 1 aliphatic heterocycles. The lowest BCUT2D eigenvalue weighted by Crippen LogP contribution is -2.55. The van der Waals surface area contributed by atoms with Crippen molar-refractivity contribution in [3.05, 3.63) is 29.3 Å². The van der Waals surface area contributed by atoms with E-state index in [-0.39, 0.29) is 11.6 Å². The molecular formula is C19H31N3O. The molecule has 2 rings (SSSR count). The van der Waals surface area contributed by atoms with Gasteiger partial charge in [0.2, 0.25) is 0 Å². The van der Waals surface area contributed by atoms with Crippen molar-refractivity contribution in [3.63, 3.8) is 0 Å². The summed E-state index contributed by atoms with van der Waals surface area (Å²) in [7, 11) is 0. The van der Waals surface area contributed by atoms with Crippen molar-refractivity contribution < 1.29 is 4.79 Å². The van der Waals surface area contributed by atoms with E-state index in [4.69, 9.17) is 0 Å². The highest BCUT2D eigenvalue weighted by Gasteiger charge is 2.25. The second-order valence-corrected chi connectivity index (χ2v) is 7.29. The third kappa shape index (κ3) is 4.40. The predicted molar refractivity (Wildman–Crippen MR) is 97.3 cm³/mol. The molecule has 1 aromatic rings. The van der Waals surface area contributed by atoms with E-state index in [1.54, 1.807) is 0 Å². The van der Waals surface area contributed by atoms with Crippen molar-refractivity contribution in [1.29, 1.82) is 0 Å². The number of urea groups is 1. The van der Waals surface area contributed by atoms with Crippen LogP contribution in [0.3, 0.4) is 0 Å². The first-order valence-electron chi connectivity index (χ1n) is 8.78. The molecule has 0 unspecified atom stereocenters. The van der Waals surface area contributed by atoms with Gasteiger partial charge >= 0.3 is 6.03 Å². The second-order valence-electron chi connectivity index (χ2n) is 7.29. The highest BCUT2D eigenvalue weighted by molar-refractivity contribution is 5.75. The maximum absolute atomic E-state index is 12.3. The Bertz CT molecular complexity index is 518. The van der Waals surface area contributed by atoms with Crippen LogP contribution in [0.15, 0.2) is 18.2 Å². The molecule has 1 heterocycles. The summed E-state index contributed by atoms with van der Waals surface area (Å²) in [6.45, 7) is 13.9. The van der Waals surface area contributed by atoms with E-state index in [1.165, 1.54) is 16.8 Å². The molecule has 1 aromatic carbocycles. The number of nitrogens with zero attached hydrogens (tertiary/aromatic N) is 2. The summed E-state index contributed by atoms with van der Waals surface area (Å²) in [5.74, 6) is 0. The number of piperazine rings is 1. The summed E-state index contributed by atoms with van der Waals surface area (Å²) in [5.41, 5.74) is 4.04. The van der Waals surface area contributed by atoms with Gasteiger partial charge in [0.15, 0.2) is 0 Å². The molecule has 0 saturated carbocycles. The molecule has 1 aliphatic rings. The third-order valence-corrected chi connectivity index (χ3v) is 4.33. The van der Waals surface area contributed by atoms with Gasteiger partial charge in [0.1, 0.15) is 0 Å². The third-order valence-electron chi connectivity index (χ3n) is 4.33. The number of amides is 2. The van der Waals surface area contributed by atoms with Crippen LogP contribution in [-0.4, -0.2) is 42.6 Å². The lowest BCUT2D eigenvalue weighted by atomic mass is 10.0. The minimum absolute atomic E-state index is 0.0524. The fourth-order valence-corrected chi connectivity index (χ4v) is 3.15. The molecule has 2 amide bonds. The van der Waals surface area contributed by atoms with Crippen LogP contribution < -0.4 is 10.2 Å². The normalized spacial score (nSPS) is 15.7. The molecule has 0 aromatic heterocycles. The van der Waals surface area contributed by atoms with Crippen LogP contribution in [0, 0.1) is 0 Å². The van der Waals surface area contributed by atoms with Gasteiger partial charge in [-0.15, -0.1) is 0 Å². The predicted octanol–water partition coefficient (Wildman–Crippen LogP) is 3.44. The average Bonchev–Trinajstić information content (AvgIpc) is 2.52. The summed E-state index contributed by atoms with van der Waals surface area (Å²) < 4.78 is 0. The fraction of sp³-hybridized carbons (Fsp3) is 0.632. The molecule has 1 N–H and O–H groups in total. The smallest absolute Gasteiger partial charge is 0.317 e. The van der Waals surface area contributed by atoms with Gasteiger partial charge in [-0.05, 0) is 44.7 Å². The maximum atomic E-state index is 12.3. The maximum Gasteiger partial charge on any atom is 0.317 e. The average molecular weight is 317 g/mol. The van der Waals surface area contributed by atoms with Crippen LogP contribution in [0.25, 0.3) is 0 Å². The van der Waals surface area contributed by atoms with Crippen molar-refractivity contribution >= 4 is 11.7 Å². The Morgan fingerprint density at radius 1 is 1.04 bits per heavy atom. The minimum atomic E-state index is -0.182. The Morgan fingerprint density at radius 3 is 2.00 bits per heavy atom. The lowest BCUT2D eigenvalue weighted by Gasteiger charge is -2.39. The first-order chi connectivity index (χ1) is 10.9. The summed E-state index contributed by atoms with van der Waals surface area (Å²) >= 11 is 0. The van der Waals surface area contributed by atoms with E-state index >= 15 is 0 Å². The molecule has 1 fully saturated rings. The Morgan fingerprint density at radius 2 is 1.57 bits per heavy atom. The highest BCUT2D eigenvalue weighted by atomic mass is 16.2. The number of nitrogens with one attached hydrogen (secondary N) is 1. The van der Waals surface area contributed by atoms with Gasteiger partial charge in [-0.2, -0.15) is 0 Å². The van der Waals surface area contributed by atoms with Crippen molar-refractivity contribution in [1.82, 2.24) is 10.2 Å². The van der Waals surface area contributed by atoms with E-state index < -0.39 is 0 Å². The zero-order valence-corrected chi connectivity index (χ0v) is 15.3. The number of para-hydroxylation sites is 1. The lowest BCUT2D eigenvalue weighted by molar-refractivity contribution is 0.185. The number of carbonyl (C=O) groups excluding carboxylic acids is 1. The van der Waals surface area contributed by atoms with Crippen LogP contribution in [0.5, 0.6) is 0 Å². The number of aryl methyl sites for hydroxylation is 2. The quantitative estimate of drug-likeness (QED) is 0.927. The molecule has 0 radical (unpaired) electrons. The number of carbonyl (C=O) groups is 1. The standard InChI is InChI=1S/C19H31N3O/c1-6-15-9-8-10-16(7-2)17(15)21-11-13-22(14-12-21)18(23)20-19(3,4)5/h8-10H,6-7,11-14H2,1-5H3,(H,20,23). The molecule has 4 nitrogen and oxygen atoms in total. The van der Waals surface area contributed by atoms with Gasteiger partial charge in [0.25, 0.3) is 0 Å². The minimum Gasteiger partial charge on any atom is -0.368 e. The van der Waals surface area contributed by atoms with Gasteiger partial charge < -0.3 is 15.1 Å².